The second-order valence-corrected chi connectivity index (χ2v) is 17.0. The van der Waals surface area contributed by atoms with Crippen LogP contribution in [0.4, 0.5) is 0 Å². The maximum atomic E-state index is 14.2. The summed E-state index contributed by atoms with van der Waals surface area (Å²) in [5.74, 6) is -13.0. The quantitative estimate of drug-likeness (QED) is 0.0761. The Hall–Kier alpha value is -9.04. The molecule has 0 atom stereocenters. The van der Waals surface area contributed by atoms with Gasteiger partial charge in [0.2, 0.25) is 0 Å². The maximum Gasteiger partial charge on any atom is 0.257 e. The molecule has 26 nitrogen and oxygen atoms in total. The number of carbonyl (C=O) groups is 7. The van der Waals surface area contributed by atoms with Gasteiger partial charge in [-0.2, -0.15) is 0 Å². The van der Waals surface area contributed by atoms with Gasteiger partial charge in [-0.3, -0.25) is 38.6 Å². The Kier molecular flexibility index (Phi) is 20.8. The van der Waals surface area contributed by atoms with E-state index in [1.54, 1.807) is 0 Å². The lowest BCUT2D eigenvalue weighted by atomic mass is 10.1. The van der Waals surface area contributed by atoms with Crippen LogP contribution in [0.5, 0.6) is 46.0 Å². The number of hydrogen-bond donors (Lipinski definition) is 14. The summed E-state index contributed by atoms with van der Waals surface area (Å²) in [6, 6.07) is 9.17. The van der Waals surface area contributed by atoms with E-state index in [0.29, 0.717) is 0 Å². The Morgan fingerprint density at radius 3 is 1.26 bits per heavy atom. The van der Waals surface area contributed by atoms with E-state index in [9.17, 15) is 74.4 Å². The van der Waals surface area contributed by atoms with Crippen LogP contribution >= 0.6 is 0 Å². The van der Waals surface area contributed by atoms with Crippen LogP contribution in [0.2, 0.25) is 0 Å². The summed E-state index contributed by atoms with van der Waals surface area (Å²) in [5, 5.41) is 99.3. The van der Waals surface area contributed by atoms with Gasteiger partial charge in [0, 0.05) is 79.7 Å². The van der Waals surface area contributed by atoms with E-state index >= 15 is 0 Å². The van der Waals surface area contributed by atoms with Gasteiger partial charge in [0.15, 0.2) is 46.0 Å². The third-order valence-electron chi connectivity index (χ3n) is 11.9. The molecule has 408 valence electrons. The summed E-state index contributed by atoms with van der Waals surface area (Å²) in [5.41, 5.74) is 3.45. The van der Waals surface area contributed by atoms with Crippen LogP contribution in [0.25, 0.3) is 0 Å². The van der Waals surface area contributed by atoms with Gasteiger partial charge < -0.3 is 92.4 Å². The molecule has 15 N–H and O–H groups in total. The van der Waals surface area contributed by atoms with Crippen molar-refractivity contribution >= 4 is 47.2 Å². The number of phenolic OH excluding ortho intramolecular Hbond substituents is 8. The maximum absolute atomic E-state index is 14.2. The Labute approximate surface area is 434 Å². The summed E-state index contributed by atoms with van der Waals surface area (Å²) in [4.78, 5) is 99.8. The number of amidine groups is 1. The second kappa shape index (κ2) is 27.3. The van der Waals surface area contributed by atoms with Crippen LogP contribution in [-0.4, -0.2) is 191 Å². The molecule has 0 saturated carbocycles. The standard InChI is InChI=1S/C50H61N9O17/c1-75-25-19-56-47(71)31-11-13-33(41(66)39(31)64)49(73)58-21-3-4-22-59(50(74)34-14-12-32(40(65)42(34)67)48(72)57-20-26-76-2)24-6-16-53-44(68)29-9-10-30(38(63)37(29)62)46(70)55-18-17-54-45(69)28-8-7-27(35(60)36(28)61)43(51)52-15-5-23-58/h7-14,60-67H,3-6,15-26H2,1-2H3,(H2,51,52)(H,53,68)(H,54,69)(H,55,70)(H,56,71)(H,57,72). The molecule has 0 spiro atoms. The molecular weight excluding hydrogens is 999 g/mol. The largest absolute Gasteiger partial charge is 0.504 e. The van der Waals surface area contributed by atoms with E-state index in [4.69, 9.17) is 15.2 Å². The highest BCUT2D eigenvalue weighted by atomic mass is 16.5. The first-order valence-electron chi connectivity index (χ1n) is 23.8. The SMILES string of the molecule is COCCNC(=O)c1ccc(C(=O)N2CCCCN(C(=O)c3ccc(C(=O)NCCOC)c(O)c3O)CCCNC(=O)c3ccc(c(O)c3O)C(=O)NCCNC(=O)c3ccc(c(O)c3O)C(N)=NCCC2)c(O)c1O. The van der Waals surface area contributed by atoms with E-state index in [1.165, 1.54) is 36.2 Å². The number of aliphatic imine (C=N–C) groups is 1. The first-order chi connectivity index (χ1) is 36.3. The van der Waals surface area contributed by atoms with Crippen molar-refractivity contribution in [2.24, 2.45) is 10.7 Å². The van der Waals surface area contributed by atoms with E-state index in [1.807, 2.05) is 0 Å². The molecule has 4 aromatic carbocycles. The third-order valence-corrected chi connectivity index (χ3v) is 11.9. The van der Waals surface area contributed by atoms with Gasteiger partial charge in [-0.1, -0.05) is 0 Å². The molecule has 4 aromatic rings. The van der Waals surface area contributed by atoms with Crippen molar-refractivity contribution in [3.63, 3.8) is 0 Å². The van der Waals surface area contributed by atoms with Gasteiger partial charge in [0.1, 0.15) is 5.84 Å². The third kappa shape index (κ3) is 14.2. The first kappa shape index (κ1) is 57.9. The van der Waals surface area contributed by atoms with Gasteiger partial charge in [-0.25, -0.2) is 0 Å². The average Bonchev–Trinajstić information content (AvgIpc) is 3.40. The minimum Gasteiger partial charge on any atom is -0.504 e. The van der Waals surface area contributed by atoms with Gasteiger partial charge in [-0.15, -0.1) is 0 Å². The first-order valence-corrected chi connectivity index (χ1v) is 23.8. The highest BCUT2D eigenvalue weighted by Crippen LogP contribution is 2.37. The summed E-state index contributed by atoms with van der Waals surface area (Å²) < 4.78 is 9.85. The van der Waals surface area contributed by atoms with Gasteiger partial charge in [-0.05, 0) is 74.2 Å². The molecule has 0 unspecified atom stereocenters. The van der Waals surface area contributed by atoms with Crippen molar-refractivity contribution in [1.82, 2.24) is 36.4 Å². The van der Waals surface area contributed by atoms with Crippen molar-refractivity contribution in [1.29, 1.82) is 0 Å². The molecule has 0 aromatic heterocycles. The molecule has 76 heavy (non-hydrogen) atoms. The second-order valence-electron chi connectivity index (χ2n) is 17.0. The lowest BCUT2D eigenvalue weighted by Crippen LogP contribution is -2.36. The summed E-state index contributed by atoms with van der Waals surface area (Å²) in [7, 11) is 2.84. The van der Waals surface area contributed by atoms with Crippen LogP contribution in [-0.2, 0) is 9.47 Å². The number of nitrogens with one attached hydrogen (secondary N) is 5. The lowest BCUT2D eigenvalue weighted by molar-refractivity contribution is 0.0716. The topological polar surface area (TPSA) is 405 Å². The fourth-order valence-electron chi connectivity index (χ4n) is 7.74. The monoisotopic (exact) mass is 1060 g/mol. The van der Waals surface area contributed by atoms with Crippen molar-refractivity contribution in [3.05, 3.63) is 93.0 Å². The molecule has 0 saturated heterocycles. The smallest absolute Gasteiger partial charge is 0.257 e. The summed E-state index contributed by atoms with van der Waals surface area (Å²) in [6.45, 7) is -0.456. The van der Waals surface area contributed by atoms with Crippen LogP contribution in [0.3, 0.4) is 0 Å². The zero-order chi connectivity index (χ0) is 55.6. The zero-order valence-corrected chi connectivity index (χ0v) is 41.6. The van der Waals surface area contributed by atoms with E-state index in [0.717, 1.165) is 36.4 Å². The highest BCUT2D eigenvalue weighted by molar-refractivity contribution is 6.06. The fourth-order valence-corrected chi connectivity index (χ4v) is 7.74. The average molecular weight is 1060 g/mol. The lowest BCUT2D eigenvalue weighted by Gasteiger charge is -2.26. The number of hydrogen-bond acceptors (Lipinski definition) is 19. The van der Waals surface area contributed by atoms with E-state index in [2.05, 4.69) is 31.6 Å². The number of fused-ring (bicyclic) bond motifs is 2. The number of rotatable bonds is 10. The highest BCUT2D eigenvalue weighted by Gasteiger charge is 2.28. The van der Waals surface area contributed by atoms with E-state index in [-0.39, 0.29) is 144 Å². The van der Waals surface area contributed by atoms with Crippen LogP contribution in [0.15, 0.2) is 53.5 Å². The number of nitrogens with zero attached hydrogens (tertiary/aromatic N) is 3. The Morgan fingerprint density at radius 2 is 0.842 bits per heavy atom. The number of ether oxygens (including phenoxy) is 2. The molecule has 4 bridgehead atoms. The number of nitrogens with two attached hydrogens (primary N) is 1. The number of carbonyl (C=O) groups excluding carboxylic acids is 7. The molecule has 26 heteroatoms. The number of aromatic hydroxyl groups is 8. The minimum absolute atomic E-state index is 0.0484. The molecule has 0 aliphatic carbocycles. The number of phenols is 8. The Morgan fingerprint density at radius 1 is 0.500 bits per heavy atom. The molecular formula is C50H61N9O17. The van der Waals surface area contributed by atoms with Gasteiger partial charge in [0.05, 0.1) is 57.7 Å². The fraction of sp³-hybridized carbons (Fsp3) is 0.360. The normalized spacial score (nSPS) is 14.7. The number of methoxy groups -OCH3 is 2. The summed E-state index contributed by atoms with van der Waals surface area (Å²) in [6.07, 6.45) is 0.462. The van der Waals surface area contributed by atoms with Crippen LogP contribution in [0, 0.1) is 0 Å². The van der Waals surface area contributed by atoms with Gasteiger partial charge >= 0.3 is 0 Å². The van der Waals surface area contributed by atoms with Crippen LogP contribution < -0.4 is 32.3 Å². The van der Waals surface area contributed by atoms with Gasteiger partial charge in [0.25, 0.3) is 41.4 Å². The molecule has 3 heterocycles. The molecule has 0 radical (unpaired) electrons. The minimum atomic E-state index is -0.929. The molecule has 7 rings (SSSR count). The Bertz CT molecular complexity index is 2860. The number of amides is 7. The zero-order valence-electron chi connectivity index (χ0n) is 41.6. The molecule has 3 aliphatic rings. The molecule has 0 fully saturated rings. The predicted molar refractivity (Wildman–Crippen MR) is 270 cm³/mol. The van der Waals surface area contributed by atoms with Crippen molar-refractivity contribution in [2.75, 3.05) is 92.9 Å². The van der Waals surface area contributed by atoms with Crippen LogP contribution in [0.1, 0.15) is 104 Å². The number of benzene rings is 4. The molecule has 7 amide bonds. The predicted octanol–water partition coefficient (Wildman–Crippen LogP) is 0.538. The van der Waals surface area contributed by atoms with Crippen molar-refractivity contribution in [2.45, 2.75) is 25.7 Å². The Balaban J connectivity index is 1.46. The molecule has 3 aliphatic heterocycles. The van der Waals surface area contributed by atoms with Crippen molar-refractivity contribution in [3.8, 4) is 46.0 Å². The van der Waals surface area contributed by atoms with E-state index < -0.39 is 98.5 Å². The summed E-state index contributed by atoms with van der Waals surface area (Å²) >= 11 is 0. The van der Waals surface area contributed by atoms with Crippen molar-refractivity contribution < 1.29 is 83.9 Å².